The number of carbonyl (C=O) groups excluding carboxylic acids is 2. The number of carbonyl (C=O) groups is 3. The first kappa shape index (κ1) is 23.3. The lowest BCUT2D eigenvalue weighted by Crippen LogP contribution is -2.54. The van der Waals surface area contributed by atoms with Crippen LogP contribution in [0.4, 0.5) is 4.79 Å². The van der Waals surface area contributed by atoms with Gasteiger partial charge in [-0.25, -0.2) is 9.59 Å². The summed E-state index contributed by atoms with van der Waals surface area (Å²) in [6.07, 6.45) is 4.05. The van der Waals surface area contributed by atoms with Gasteiger partial charge in [-0.3, -0.25) is 4.79 Å². The van der Waals surface area contributed by atoms with E-state index in [1.54, 1.807) is 0 Å². The van der Waals surface area contributed by atoms with Crippen molar-refractivity contribution in [3.63, 3.8) is 0 Å². The Morgan fingerprint density at radius 2 is 1.47 bits per heavy atom. The van der Waals surface area contributed by atoms with Gasteiger partial charge in [-0.15, -0.1) is 0 Å². The minimum absolute atomic E-state index is 0.0756. The summed E-state index contributed by atoms with van der Waals surface area (Å²) in [5, 5.41) is 15.0. The van der Waals surface area contributed by atoms with E-state index >= 15 is 0 Å². The second-order valence-corrected chi connectivity index (χ2v) is 8.17. The zero-order valence-electron chi connectivity index (χ0n) is 18.0. The molecule has 0 radical (unpaired) electrons. The Morgan fingerprint density at radius 1 is 0.875 bits per heavy atom. The van der Waals surface area contributed by atoms with Crippen LogP contribution in [0.2, 0.25) is 0 Å². The molecule has 2 amide bonds. The number of nitrogens with one attached hydrogen (secondary N) is 2. The summed E-state index contributed by atoms with van der Waals surface area (Å²) in [4.78, 5) is 37.4. The Labute approximate surface area is 188 Å². The number of hydrogen-bond donors (Lipinski definition) is 3. The van der Waals surface area contributed by atoms with Crippen LogP contribution in [-0.2, 0) is 27.4 Å². The molecule has 7 heteroatoms. The third kappa shape index (κ3) is 7.11. The molecule has 3 rings (SSSR count). The van der Waals surface area contributed by atoms with Gasteiger partial charge in [0.15, 0.2) is 0 Å². The Kier molecular flexibility index (Phi) is 8.66. The number of aliphatic carboxylic acids is 1. The lowest BCUT2D eigenvalue weighted by atomic mass is 9.83. The van der Waals surface area contributed by atoms with Gasteiger partial charge < -0.3 is 20.5 Å². The van der Waals surface area contributed by atoms with E-state index in [1.165, 1.54) is 0 Å². The predicted octanol–water partition coefficient (Wildman–Crippen LogP) is 3.67. The van der Waals surface area contributed by atoms with Crippen molar-refractivity contribution >= 4 is 18.0 Å². The van der Waals surface area contributed by atoms with E-state index in [2.05, 4.69) is 10.6 Å². The fourth-order valence-electron chi connectivity index (χ4n) is 4.07. The van der Waals surface area contributed by atoms with Crippen LogP contribution in [0.1, 0.15) is 43.2 Å². The summed E-state index contributed by atoms with van der Waals surface area (Å²) in [7, 11) is 0. The maximum atomic E-state index is 13.1. The highest BCUT2D eigenvalue weighted by Crippen LogP contribution is 2.26. The molecular weight excluding hydrogens is 408 g/mol. The van der Waals surface area contributed by atoms with Crippen molar-refractivity contribution in [2.24, 2.45) is 5.92 Å². The topological polar surface area (TPSA) is 105 Å². The average Bonchev–Trinajstić information content (AvgIpc) is 2.82. The number of alkyl carbamates (subject to hydrolysis) is 1. The summed E-state index contributed by atoms with van der Waals surface area (Å²) in [5.41, 5.74) is 1.68. The van der Waals surface area contributed by atoms with Crippen LogP contribution in [0.5, 0.6) is 0 Å². The molecule has 0 aliphatic heterocycles. The number of amides is 2. The van der Waals surface area contributed by atoms with Gasteiger partial charge >= 0.3 is 12.1 Å². The zero-order valence-corrected chi connectivity index (χ0v) is 18.0. The van der Waals surface area contributed by atoms with E-state index < -0.39 is 30.1 Å². The summed E-state index contributed by atoms with van der Waals surface area (Å²) in [5.74, 6) is -1.67. The van der Waals surface area contributed by atoms with Crippen LogP contribution in [0, 0.1) is 5.92 Å². The van der Waals surface area contributed by atoms with Crippen molar-refractivity contribution in [2.45, 2.75) is 57.2 Å². The standard InChI is InChI=1S/C25H30N2O5/c28-23(27-22(24(29)30)20-14-8-3-9-15-20)21(16-18-10-4-1-5-11-18)26-25(31)32-17-19-12-6-2-7-13-19/h1-2,4-7,10-13,20-22H,3,8-9,14-17H2,(H,26,31)(H,27,28)(H,29,30)/t21-,22+/m0/s1. The molecular formula is C25H30N2O5. The van der Waals surface area contributed by atoms with E-state index in [-0.39, 0.29) is 18.9 Å². The van der Waals surface area contributed by atoms with E-state index in [4.69, 9.17) is 4.74 Å². The molecule has 170 valence electrons. The molecule has 0 saturated heterocycles. The molecule has 2 aromatic carbocycles. The highest BCUT2D eigenvalue weighted by molar-refractivity contribution is 5.89. The predicted molar refractivity (Wildman–Crippen MR) is 120 cm³/mol. The van der Waals surface area contributed by atoms with Gasteiger partial charge in [0.1, 0.15) is 18.7 Å². The molecule has 32 heavy (non-hydrogen) atoms. The van der Waals surface area contributed by atoms with Crippen LogP contribution < -0.4 is 10.6 Å². The normalized spacial score (nSPS) is 15.9. The Morgan fingerprint density at radius 3 is 2.06 bits per heavy atom. The molecule has 3 N–H and O–H groups in total. The molecule has 0 aromatic heterocycles. The fourth-order valence-corrected chi connectivity index (χ4v) is 4.07. The Balaban J connectivity index is 1.67. The minimum atomic E-state index is -1.05. The summed E-state index contributed by atoms with van der Waals surface area (Å²) >= 11 is 0. The van der Waals surface area contributed by atoms with E-state index in [0.29, 0.717) is 0 Å². The SMILES string of the molecule is O=C(N[C@@H](Cc1ccccc1)C(=O)N[C@@H](C(=O)O)C1CCCCC1)OCc1ccccc1. The van der Waals surface area contributed by atoms with Gasteiger partial charge in [0, 0.05) is 6.42 Å². The van der Waals surface area contributed by atoms with Crippen molar-refractivity contribution in [1.29, 1.82) is 0 Å². The number of carboxylic acids is 1. The van der Waals surface area contributed by atoms with Crippen molar-refractivity contribution in [3.05, 3.63) is 71.8 Å². The van der Waals surface area contributed by atoms with Gasteiger partial charge in [0.2, 0.25) is 5.91 Å². The lowest BCUT2D eigenvalue weighted by molar-refractivity contribution is -0.144. The number of rotatable bonds is 9. The van der Waals surface area contributed by atoms with Crippen molar-refractivity contribution in [1.82, 2.24) is 10.6 Å². The second-order valence-electron chi connectivity index (χ2n) is 8.17. The van der Waals surface area contributed by atoms with Crippen LogP contribution in [-0.4, -0.2) is 35.2 Å². The molecule has 1 fully saturated rings. The molecule has 2 aromatic rings. The van der Waals surface area contributed by atoms with E-state index in [0.717, 1.165) is 43.2 Å². The Bertz CT molecular complexity index is 882. The van der Waals surface area contributed by atoms with Gasteiger partial charge in [-0.2, -0.15) is 0 Å². The van der Waals surface area contributed by atoms with Crippen LogP contribution in [0.25, 0.3) is 0 Å². The van der Waals surface area contributed by atoms with Crippen LogP contribution >= 0.6 is 0 Å². The molecule has 0 heterocycles. The molecule has 7 nitrogen and oxygen atoms in total. The highest BCUT2D eigenvalue weighted by Gasteiger charge is 2.33. The summed E-state index contributed by atoms with van der Waals surface area (Å²) in [6, 6.07) is 16.6. The molecule has 2 atom stereocenters. The summed E-state index contributed by atoms with van der Waals surface area (Å²) < 4.78 is 5.27. The van der Waals surface area contributed by atoms with Crippen molar-refractivity contribution < 1.29 is 24.2 Å². The zero-order chi connectivity index (χ0) is 22.8. The molecule has 1 aliphatic rings. The Hall–Kier alpha value is -3.35. The van der Waals surface area contributed by atoms with E-state index in [1.807, 2.05) is 60.7 Å². The van der Waals surface area contributed by atoms with Crippen LogP contribution in [0.15, 0.2) is 60.7 Å². The first-order valence-corrected chi connectivity index (χ1v) is 11.1. The number of ether oxygens (including phenoxy) is 1. The average molecular weight is 439 g/mol. The number of hydrogen-bond acceptors (Lipinski definition) is 4. The lowest BCUT2D eigenvalue weighted by Gasteiger charge is -2.29. The number of benzene rings is 2. The first-order valence-electron chi connectivity index (χ1n) is 11.1. The second kappa shape index (κ2) is 11.9. The first-order chi connectivity index (χ1) is 15.5. The van der Waals surface area contributed by atoms with Crippen LogP contribution in [0.3, 0.4) is 0 Å². The van der Waals surface area contributed by atoms with E-state index in [9.17, 15) is 19.5 Å². The molecule has 1 aliphatic carbocycles. The largest absolute Gasteiger partial charge is 0.480 e. The third-order valence-corrected chi connectivity index (χ3v) is 5.79. The molecule has 0 bridgehead atoms. The van der Waals surface area contributed by atoms with Gasteiger partial charge in [-0.05, 0) is 29.9 Å². The minimum Gasteiger partial charge on any atom is -0.480 e. The maximum Gasteiger partial charge on any atom is 0.408 e. The smallest absolute Gasteiger partial charge is 0.408 e. The quantitative estimate of drug-likeness (QED) is 0.554. The van der Waals surface area contributed by atoms with Gasteiger partial charge in [-0.1, -0.05) is 79.9 Å². The monoisotopic (exact) mass is 438 g/mol. The molecule has 0 unspecified atom stereocenters. The van der Waals surface area contributed by atoms with Gasteiger partial charge in [0.05, 0.1) is 0 Å². The van der Waals surface area contributed by atoms with Crippen molar-refractivity contribution in [3.8, 4) is 0 Å². The maximum absolute atomic E-state index is 13.1. The highest BCUT2D eigenvalue weighted by atomic mass is 16.5. The number of carboxylic acid groups (broad SMARTS) is 1. The fraction of sp³-hybridized carbons (Fsp3) is 0.400. The van der Waals surface area contributed by atoms with Gasteiger partial charge in [0.25, 0.3) is 0 Å². The molecule has 0 spiro atoms. The van der Waals surface area contributed by atoms with Crippen molar-refractivity contribution in [2.75, 3.05) is 0 Å². The summed E-state index contributed by atoms with van der Waals surface area (Å²) in [6.45, 7) is 0.0756. The third-order valence-electron chi connectivity index (χ3n) is 5.79. The molecule has 1 saturated carbocycles.